The largest absolute Gasteiger partial charge is 0.496 e. The fourth-order valence-corrected chi connectivity index (χ4v) is 4.43. The summed E-state index contributed by atoms with van der Waals surface area (Å²) in [6.07, 6.45) is 3.43. The van der Waals surface area contributed by atoms with Crippen molar-refractivity contribution in [1.29, 1.82) is 0 Å². The van der Waals surface area contributed by atoms with Crippen LogP contribution >= 0.6 is 0 Å². The molecule has 2 N–H and O–H groups in total. The van der Waals surface area contributed by atoms with Crippen LogP contribution in [0.2, 0.25) is 0 Å². The third-order valence-electron chi connectivity index (χ3n) is 4.31. The Morgan fingerprint density at radius 3 is 2.52 bits per heavy atom. The van der Waals surface area contributed by atoms with E-state index in [1.807, 2.05) is 0 Å². The lowest BCUT2D eigenvalue weighted by Gasteiger charge is -2.14. The monoisotopic (exact) mass is 369 g/mol. The average molecular weight is 369 g/mol. The van der Waals surface area contributed by atoms with Crippen molar-refractivity contribution in [1.82, 2.24) is 5.32 Å². The first-order valence-corrected chi connectivity index (χ1v) is 10.0. The molecular weight excluding hydrogens is 346 g/mol. The molecule has 1 amide bonds. The van der Waals surface area contributed by atoms with Crippen LogP contribution in [0.3, 0.4) is 0 Å². The lowest BCUT2D eigenvalue weighted by molar-refractivity contribution is -0.122. The maximum Gasteiger partial charge on any atom is 0.335 e. The number of sulfone groups is 1. The van der Waals surface area contributed by atoms with E-state index in [9.17, 15) is 18.0 Å². The molecule has 1 saturated carbocycles. The van der Waals surface area contributed by atoms with E-state index in [1.54, 1.807) is 6.07 Å². The molecule has 1 fully saturated rings. The van der Waals surface area contributed by atoms with E-state index < -0.39 is 21.2 Å². The molecule has 7 nitrogen and oxygen atoms in total. The fourth-order valence-electron chi connectivity index (χ4n) is 2.93. The Labute approximate surface area is 147 Å². The van der Waals surface area contributed by atoms with E-state index in [0.29, 0.717) is 18.7 Å². The Morgan fingerprint density at radius 1 is 1.32 bits per heavy atom. The highest BCUT2D eigenvalue weighted by molar-refractivity contribution is 7.90. The topological polar surface area (TPSA) is 110 Å². The Balaban J connectivity index is 1.86. The van der Waals surface area contributed by atoms with Crippen molar-refractivity contribution in [2.24, 2.45) is 5.41 Å². The van der Waals surface area contributed by atoms with Gasteiger partial charge in [-0.15, -0.1) is 0 Å². The molecule has 0 heterocycles. The maximum absolute atomic E-state index is 12.1. The van der Waals surface area contributed by atoms with Crippen LogP contribution < -0.4 is 10.1 Å². The molecule has 0 saturated heterocycles. The maximum atomic E-state index is 12.1. The highest BCUT2D eigenvalue weighted by Crippen LogP contribution is 2.49. The van der Waals surface area contributed by atoms with Crippen molar-refractivity contribution in [3.63, 3.8) is 0 Å². The molecule has 138 valence electrons. The van der Waals surface area contributed by atoms with Gasteiger partial charge in [-0.3, -0.25) is 4.79 Å². The minimum atomic E-state index is -3.09. The predicted molar refractivity (Wildman–Crippen MR) is 92.7 cm³/mol. The number of aromatic carboxylic acids is 1. The van der Waals surface area contributed by atoms with Crippen molar-refractivity contribution < 1.29 is 27.9 Å². The number of carbonyl (C=O) groups excluding carboxylic acids is 1. The number of hydrogen-bond donors (Lipinski definition) is 2. The lowest BCUT2D eigenvalue weighted by Crippen LogP contribution is -2.30. The van der Waals surface area contributed by atoms with E-state index in [0.717, 1.165) is 18.4 Å². The van der Waals surface area contributed by atoms with Crippen molar-refractivity contribution in [3.8, 4) is 5.75 Å². The zero-order valence-electron chi connectivity index (χ0n) is 14.4. The third kappa shape index (κ3) is 5.74. The van der Waals surface area contributed by atoms with Crippen molar-refractivity contribution in [2.45, 2.75) is 25.7 Å². The van der Waals surface area contributed by atoms with Gasteiger partial charge in [0.1, 0.15) is 15.6 Å². The van der Waals surface area contributed by atoms with Crippen LogP contribution in [0.4, 0.5) is 0 Å². The summed E-state index contributed by atoms with van der Waals surface area (Å²) in [6, 6.07) is 4.61. The van der Waals surface area contributed by atoms with Gasteiger partial charge in [-0.2, -0.15) is 0 Å². The highest BCUT2D eigenvalue weighted by Gasteiger charge is 2.46. The minimum Gasteiger partial charge on any atom is -0.496 e. The Kier molecular flexibility index (Phi) is 5.72. The van der Waals surface area contributed by atoms with E-state index in [2.05, 4.69) is 5.32 Å². The fraction of sp³-hybridized carbons (Fsp3) is 0.529. The summed E-state index contributed by atoms with van der Waals surface area (Å²) in [5.74, 6) is -0.677. The van der Waals surface area contributed by atoms with Crippen LogP contribution in [-0.4, -0.2) is 51.1 Å². The van der Waals surface area contributed by atoms with Crippen molar-refractivity contribution in [2.75, 3.05) is 25.7 Å². The Bertz CT molecular complexity index is 767. The molecule has 0 aromatic heterocycles. The van der Waals surface area contributed by atoms with Gasteiger partial charge in [-0.05, 0) is 42.4 Å². The van der Waals surface area contributed by atoms with Crippen LogP contribution in [-0.2, 0) is 21.1 Å². The number of benzene rings is 1. The van der Waals surface area contributed by atoms with Crippen molar-refractivity contribution in [3.05, 3.63) is 29.3 Å². The lowest BCUT2D eigenvalue weighted by atomic mass is 10.0. The standard InChI is InChI=1S/C17H23NO6S/c1-24-14-9-13(16(20)21)4-3-12(14)5-8-18-15(19)10-17(6-7-17)11-25(2,22)23/h3-4,9H,5-8,10-11H2,1-2H3,(H,18,19)(H,20,21). The van der Waals surface area contributed by atoms with Gasteiger partial charge in [0.05, 0.1) is 18.4 Å². The molecule has 2 rings (SSSR count). The van der Waals surface area contributed by atoms with Crippen LogP contribution in [0.15, 0.2) is 18.2 Å². The van der Waals surface area contributed by atoms with E-state index in [1.165, 1.54) is 25.5 Å². The molecule has 0 unspecified atom stereocenters. The van der Waals surface area contributed by atoms with Crippen LogP contribution in [0.25, 0.3) is 0 Å². The molecule has 0 spiro atoms. The molecule has 25 heavy (non-hydrogen) atoms. The summed E-state index contributed by atoms with van der Waals surface area (Å²) in [4.78, 5) is 23.0. The van der Waals surface area contributed by atoms with Gasteiger partial charge in [-0.1, -0.05) is 6.07 Å². The second kappa shape index (κ2) is 7.43. The number of ether oxygens (including phenoxy) is 1. The summed E-state index contributed by atoms with van der Waals surface area (Å²) in [5.41, 5.74) is 0.546. The molecule has 1 aromatic carbocycles. The third-order valence-corrected chi connectivity index (χ3v) is 5.45. The normalized spacial score (nSPS) is 15.4. The smallest absolute Gasteiger partial charge is 0.335 e. The second-order valence-electron chi connectivity index (χ2n) is 6.68. The number of hydrogen-bond acceptors (Lipinski definition) is 5. The molecule has 8 heteroatoms. The van der Waals surface area contributed by atoms with Gasteiger partial charge >= 0.3 is 5.97 Å². The molecular formula is C17H23NO6S. The number of rotatable bonds is 9. The number of methoxy groups -OCH3 is 1. The van der Waals surface area contributed by atoms with Crippen molar-refractivity contribution >= 4 is 21.7 Å². The molecule has 1 aliphatic carbocycles. The predicted octanol–water partition coefficient (Wildman–Crippen LogP) is 1.27. The van der Waals surface area contributed by atoms with Gasteiger partial charge in [-0.25, -0.2) is 13.2 Å². The Hall–Kier alpha value is -2.09. The summed E-state index contributed by atoms with van der Waals surface area (Å²) < 4.78 is 28.0. The summed E-state index contributed by atoms with van der Waals surface area (Å²) in [5, 5.41) is 11.8. The molecule has 1 aliphatic rings. The molecule has 0 bridgehead atoms. The number of nitrogens with one attached hydrogen (secondary N) is 1. The quantitative estimate of drug-likeness (QED) is 0.678. The number of amides is 1. The summed E-state index contributed by atoms with van der Waals surface area (Å²) >= 11 is 0. The number of carbonyl (C=O) groups is 2. The molecule has 0 radical (unpaired) electrons. The van der Waals surface area contributed by atoms with Crippen LogP contribution in [0, 0.1) is 5.41 Å². The second-order valence-corrected chi connectivity index (χ2v) is 8.82. The minimum absolute atomic E-state index is 0.0535. The zero-order chi connectivity index (χ0) is 18.7. The average Bonchev–Trinajstić information content (AvgIpc) is 3.23. The van der Waals surface area contributed by atoms with Gasteiger partial charge < -0.3 is 15.2 Å². The van der Waals surface area contributed by atoms with Gasteiger partial charge in [0, 0.05) is 19.2 Å². The number of carboxylic acid groups (broad SMARTS) is 1. The first-order chi connectivity index (χ1) is 11.6. The number of carboxylic acids is 1. The van der Waals surface area contributed by atoms with E-state index >= 15 is 0 Å². The van der Waals surface area contributed by atoms with Crippen LogP contribution in [0.5, 0.6) is 5.75 Å². The zero-order valence-corrected chi connectivity index (χ0v) is 15.2. The summed E-state index contributed by atoms with van der Waals surface area (Å²) in [7, 11) is -1.63. The Morgan fingerprint density at radius 2 is 2.00 bits per heavy atom. The first-order valence-electron chi connectivity index (χ1n) is 7.99. The molecule has 0 atom stereocenters. The first kappa shape index (κ1) is 19.2. The van der Waals surface area contributed by atoms with Gasteiger partial charge in [0.25, 0.3) is 0 Å². The van der Waals surface area contributed by atoms with Gasteiger partial charge in [0.2, 0.25) is 5.91 Å². The molecule has 1 aromatic rings. The van der Waals surface area contributed by atoms with E-state index in [-0.39, 0.29) is 23.6 Å². The highest BCUT2D eigenvalue weighted by atomic mass is 32.2. The van der Waals surface area contributed by atoms with Gasteiger partial charge in [0.15, 0.2) is 0 Å². The summed E-state index contributed by atoms with van der Waals surface area (Å²) in [6.45, 7) is 0.372. The molecule has 0 aliphatic heterocycles. The van der Waals surface area contributed by atoms with Crippen LogP contribution in [0.1, 0.15) is 35.2 Å². The van der Waals surface area contributed by atoms with E-state index in [4.69, 9.17) is 9.84 Å². The SMILES string of the molecule is COc1cc(C(=O)O)ccc1CCNC(=O)CC1(CS(C)(=O)=O)CC1.